The third-order valence-electron chi connectivity index (χ3n) is 6.31. The minimum absolute atomic E-state index is 0.0215. The van der Waals surface area contributed by atoms with E-state index in [4.69, 9.17) is 5.10 Å². The van der Waals surface area contributed by atoms with Gasteiger partial charge in [-0.2, -0.15) is 5.10 Å². The molecule has 32 heavy (non-hydrogen) atoms. The van der Waals surface area contributed by atoms with Crippen LogP contribution in [0.1, 0.15) is 33.7 Å². The number of carbonyl (C=O) groups excluding carboxylic acids is 1. The number of para-hydroxylation sites is 1. The van der Waals surface area contributed by atoms with Gasteiger partial charge < -0.3 is 9.80 Å². The van der Waals surface area contributed by atoms with E-state index >= 15 is 0 Å². The molecule has 3 heterocycles. The van der Waals surface area contributed by atoms with Gasteiger partial charge >= 0.3 is 0 Å². The smallest absolute Gasteiger partial charge is 0.287 e. The topological polar surface area (TPSA) is 97.4 Å². The standard InChI is InChI=1S/C23H24N6O3/c1-16-5-2-3-7-19(16)28-20-8-4-6-18(20)22(25-28)23(30)27-13-11-26(12-14-27)21-10-9-17(15-24-21)29(31)32/h2-3,5,7,9-10,15H,4,6,8,11-14H2,1H3. The van der Waals surface area contributed by atoms with Gasteiger partial charge in [-0.15, -0.1) is 0 Å². The van der Waals surface area contributed by atoms with E-state index in [1.54, 1.807) is 6.07 Å². The number of anilines is 1. The molecule has 1 amide bonds. The Hall–Kier alpha value is -3.75. The highest BCUT2D eigenvalue weighted by molar-refractivity contribution is 5.94. The molecule has 3 aromatic rings. The number of hydrogen-bond acceptors (Lipinski definition) is 6. The third kappa shape index (κ3) is 3.49. The Bertz CT molecular complexity index is 1180. The number of fused-ring (bicyclic) bond motifs is 1. The molecule has 0 unspecified atom stereocenters. The predicted molar refractivity (Wildman–Crippen MR) is 119 cm³/mol. The fraction of sp³-hybridized carbons (Fsp3) is 0.348. The van der Waals surface area contributed by atoms with Gasteiger partial charge in [-0.3, -0.25) is 14.9 Å². The van der Waals surface area contributed by atoms with Gasteiger partial charge in [0, 0.05) is 43.5 Å². The van der Waals surface area contributed by atoms with Crippen LogP contribution in [0.4, 0.5) is 11.5 Å². The summed E-state index contributed by atoms with van der Waals surface area (Å²) < 4.78 is 1.96. The van der Waals surface area contributed by atoms with Crippen LogP contribution in [-0.4, -0.2) is 56.7 Å². The molecule has 0 atom stereocenters. The molecule has 1 fully saturated rings. The first-order valence-electron chi connectivity index (χ1n) is 10.8. The highest BCUT2D eigenvalue weighted by Gasteiger charge is 2.31. The Labute approximate surface area is 185 Å². The number of piperazine rings is 1. The number of amides is 1. The van der Waals surface area contributed by atoms with E-state index in [-0.39, 0.29) is 11.6 Å². The summed E-state index contributed by atoms with van der Waals surface area (Å²) in [6.07, 6.45) is 4.13. The van der Waals surface area contributed by atoms with Gasteiger partial charge in [-0.25, -0.2) is 9.67 Å². The molecule has 0 bridgehead atoms. The zero-order chi connectivity index (χ0) is 22.2. The number of nitrogens with zero attached hydrogens (tertiary/aromatic N) is 6. The predicted octanol–water partition coefficient (Wildman–Crippen LogP) is 2.94. The van der Waals surface area contributed by atoms with Crippen LogP contribution in [0.25, 0.3) is 5.69 Å². The van der Waals surface area contributed by atoms with Gasteiger partial charge in [0.15, 0.2) is 5.69 Å². The lowest BCUT2D eigenvalue weighted by atomic mass is 10.1. The van der Waals surface area contributed by atoms with E-state index in [0.29, 0.717) is 37.7 Å². The number of benzene rings is 1. The first-order chi connectivity index (χ1) is 15.5. The maximum atomic E-state index is 13.4. The minimum atomic E-state index is -0.456. The normalized spacial score (nSPS) is 15.7. The molecule has 1 aromatic carbocycles. The zero-order valence-electron chi connectivity index (χ0n) is 17.9. The molecular formula is C23H24N6O3. The van der Waals surface area contributed by atoms with Crippen LogP contribution >= 0.6 is 0 Å². The van der Waals surface area contributed by atoms with Crippen LogP contribution in [-0.2, 0) is 12.8 Å². The summed E-state index contributed by atoms with van der Waals surface area (Å²) >= 11 is 0. The average molecular weight is 432 g/mol. The number of aryl methyl sites for hydroxylation is 1. The zero-order valence-corrected chi connectivity index (χ0v) is 17.9. The van der Waals surface area contributed by atoms with E-state index in [2.05, 4.69) is 18.0 Å². The minimum Gasteiger partial charge on any atom is -0.353 e. The van der Waals surface area contributed by atoms with Crippen molar-refractivity contribution in [3.8, 4) is 5.69 Å². The molecule has 1 aliphatic heterocycles. The molecule has 2 aliphatic rings. The molecule has 5 rings (SSSR count). The number of rotatable bonds is 4. The molecule has 1 aliphatic carbocycles. The summed E-state index contributed by atoms with van der Waals surface area (Å²) in [6.45, 7) is 4.42. The number of hydrogen-bond donors (Lipinski definition) is 0. The molecule has 164 valence electrons. The molecule has 1 saturated heterocycles. The van der Waals surface area contributed by atoms with E-state index in [0.717, 1.165) is 41.8 Å². The van der Waals surface area contributed by atoms with Gasteiger partial charge in [0.2, 0.25) is 0 Å². The summed E-state index contributed by atoms with van der Waals surface area (Å²) in [7, 11) is 0. The summed E-state index contributed by atoms with van der Waals surface area (Å²) in [5.74, 6) is 0.666. The van der Waals surface area contributed by atoms with Crippen molar-refractivity contribution in [3.63, 3.8) is 0 Å². The summed E-state index contributed by atoms with van der Waals surface area (Å²) in [4.78, 5) is 31.9. The second kappa shape index (κ2) is 8.07. The Morgan fingerprint density at radius 3 is 2.53 bits per heavy atom. The number of carbonyl (C=O) groups is 1. The molecule has 0 N–H and O–H groups in total. The monoisotopic (exact) mass is 432 g/mol. The third-order valence-corrected chi connectivity index (χ3v) is 6.31. The lowest BCUT2D eigenvalue weighted by Crippen LogP contribution is -2.49. The van der Waals surface area contributed by atoms with Crippen LogP contribution < -0.4 is 4.90 Å². The fourth-order valence-corrected chi connectivity index (χ4v) is 4.57. The molecule has 9 nitrogen and oxygen atoms in total. The van der Waals surface area contributed by atoms with Crippen molar-refractivity contribution in [2.24, 2.45) is 0 Å². The highest BCUT2D eigenvalue weighted by Crippen LogP contribution is 2.30. The van der Waals surface area contributed by atoms with Gasteiger partial charge in [-0.05, 0) is 43.9 Å². The van der Waals surface area contributed by atoms with Crippen molar-refractivity contribution in [1.29, 1.82) is 0 Å². The quantitative estimate of drug-likeness (QED) is 0.464. The van der Waals surface area contributed by atoms with Crippen LogP contribution in [0.3, 0.4) is 0 Å². The van der Waals surface area contributed by atoms with Crippen LogP contribution in [0.5, 0.6) is 0 Å². The first-order valence-corrected chi connectivity index (χ1v) is 10.8. The Morgan fingerprint density at radius 2 is 1.84 bits per heavy atom. The van der Waals surface area contributed by atoms with Gasteiger partial charge in [0.05, 0.1) is 10.6 Å². The van der Waals surface area contributed by atoms with Crippen molar-refractivity contribution >= 4 is 17.4 Å². The fourth-order valence-electron chi connectivity index (χ4n) is 4.57. The average Bonchev–Trinajstić information content (AvgIpc) is 3.42. The molecule has 0 radical (unpaired) electrons. The van der Waals surface area contributed by atoms with Gasteiger partial charge in [-0.1, -0.05) is 18.2 Å². The van der Waals surface area contributed by atoms with Crippen LogP contribution in [0.2, 0.25) is 0 Å². The number of pyridine rings is 1. The molecule has 0 spiro atoms. The summed E-state index contributed by atoms with van der Waals surface area (Å²) in [6, 6.07) is 11.2. The number of nitro groups is 1. The summed E-state index contributed by atoms with van der Waals surface area (Å²) in [5, 5.41) is 15.6. The van der Waals surface area contributed by atoms with Crippen molar-refractivity contribution < 1.29 is 9.72 Å². The van der Waals surface area contributed by atoms with Crippen molar-refractivity contribution in [2.75, 3.05) is 31.1 Å². The van der Waals surface area contributed by atoms with Crippen molar-refractivity contribution in [2.45, 2.75) is 26.2 Å². The van der Waals surface area contributed by atoms with Crippen LogP contribution in [0, 0.1) is 17.0 Å². The maximum Gasteiger partial charge on any atom is 0.287 e. The molecule has 9 heteroatoms. The van der Waals surface area contributed by atoms with Crippen LogP contribution in [0.15, 0.2) is 42.6 Å². The van der Waals surface area contributed by atoms with E-state index in [1.165, 1.54) is 12.3 Å². The van der Waals surface area contributed by atoms with Gasteiger partial charge in [0.25, 0.3) is 11.6 Å². The Kier molecular flexibility index (Phi) is 5.08. The SMILES string of the molecule is Cc1ccccc1-n1nc(C(=O)N2CCN(c3ccc([N+](=O)[O-])cn3)CC2)c2c1CCC2. The molecule has 0 saturated carbocycles. The first kappa shape index (κ1) is 20.2. The van der Waals surface area contributed by atoms with Gasteiger partial charge in [0.1, 0.15) is 12.0 Å². The van der Waals surface area contributed by atoms with E-state index in [9.17, 15) is 14.9 Å². The number of aromatic nitrogens is 3. The lowest BCUT2D eigenvalue weighted by molar-refractivity contribution is -0.385. The van der Waals surface area contributed by atoms with Crippen molar-refractivity contribution in [3.05, 3.63) is 75.2 Å². The second-order valence-corrected chi connectivity index (χ2v) is 8.24. The lowest BCUT2D eigenvalue weighted by Gasteiger charge is -2.35. The second-order valence-electron chi connectivity index (χ2n) is 8.24. The Morgan fingerprint density at radius 1 is 1.06 bits per heavy atom. The largest absolute Gasteiger partial charge is 0.353 e. The summed E-state index contributed by atoms with van der Waals surface area (Å²) in [5.41, 5.74) is 4.93. The molecular weight excluding hydrogens is 408 g/mol. The maximum absolute atomic E-state index is 13.4. The van der Waals surface area contributed by atoms with E-state index in [1.807, 2.05) is 32.7 Å². The van der Waals surface area contributed by atoms with Crippen molar-refractivity contribution in [1.82, 2.24) is 19.7 Å². The Balaban J connectivity index is 1.33. The highest BCUT2D eigenvalue weighted by atomic mass is 16.6. The van der Waals surface area contributed by atoms with E-state index < -0.39 is 4.92 Å². The molecule has 2 aromatic heterocycles.